The molecule has 0 atom stereocenters. The van der Waals surface area contributed by atoms with Crippen molar-refractivity contribution in [1.29, 1.82) is 0 Å². The number of benzene rings is 2. The number of nitrogens with two attached hydrogens (primary N) is 1. The number of anilines is 1. The van der Waals surface area contributed by atoms with Gasteiger partial charge in [0.05, 0.1) is 4.47 Å². The summed E-state index contributed by atoms with van der Waals surface area (Å²) in [7, 11) is 0. The molecule has 0 heterocycles. The van der Waals surface area contributed by atoms with Gasteiger partial charge in [0.15, 0.2) is 5.78 Å². The summed E-state index contributed by atoms with van der Waals surface area (Å²) in [5, 5.41) is 0. The number of carbonyl (C=O) groups excluding carboxylic acids is 1. The van der Waals surface area contributed by atoms with Gasteiger partial charge in [-0.2, -0.15) is 0 Å². The van der Waals surface area contributed by atoms with Gasteiger partial charge < -0.3 is 5.73 Å². The lowest BCUT2D eigenvalue weighted by Crippen LogP contribution is -2.04. The molecule has 0 fully saturated rings. The van der Waals surface area contributed by atoms with Gasteiger partial charge in [0.1, 0.15) is 5.82 Å². The molecule has 0 saturated carbocycles. The molecule has 0 unspecified atom stereocenters. The van der Waals surface area contributed by atoms with Crippen LogP contribution in [0.2, 0.25) is 0 Å². The van der Waals surface area contributed by atoms with E-state index in [1.54, 1.807) is 31.2 Å². The first-order chi connectivity index (χ1) is 8.49. The van der Waals surface area contributed by atoms with Crippen LogP contribution in [0, 0.1) is 12.7 Å². The Morgan fingerprint density at radius 1 is 1.22 bits per heavy atom. The van der Waals surface area contributed by atoms with Gasteiger partial charge in [-0.05, 0) is 64.8 Å². The molecule has 0 radical (unpaired) electrons. The average Bonchev–Trinajstić information content (AvgIpc) is 2.32. The highest BCUT2D eigenvalue weighted by atomic mass is 79.9. The second-order valence-electron chi connectivity index (χ2n) is 4.03. The molecule has 92 valence electrons. The molecule has 0 spiro atoms. The lowest BCUT2D eigenvalue weighted by Gasteiger charge is -2.06. The summed E-state index contributed by atoms with van der Waals surface area (Å²) < 4.78 is 13.7. The van der Waals surface area contributed by atoms with E-state index in [4.69, 9.17) is 5.73 Å². The van der Waals surface area contributed by atoms with Crippen LogP contribution in [0.1, 0.15) is 21.5 Å². The predicted octanol–water partition coefficient (Wildman–Crippen LogP) is 3.71. The lowest BCUT2D eigenvalue weighted by molar-refractivity contribution is 0.103. The Balaban J connectivity index is 2.44. The second-order valence-corrected chi connectivity index (χ2v) is 4.89. The van der Waals surface area contributed by atoms with Crippen molar-refractivity contribution >= 4 is 27.4 Å². The van der Waals surface area contributed by atoms with Crippen molar-refractivity contribution < 1.29 is 9.18 Å². The van der Waals surface area contributed by atoms with Crippen LogP contribution in [-0.2, 0) is 0 Å². The molecule has 0 saturated heterocycles. The molecule has 2 aromatic carbocycles. The Bertz CT molecular complexity index is 625. The zero-order valence-corrected chi connectivity index (χ0v) is 11.3. The molecule has 0 aliphatic heterocycles. The van der Waals surface area contributed by atoms with E-state index in [2.05, 4.69) is 15.9 Å². The van der Waals surface area contributed by atoms with Crippen molar-refractivity contribution in [2.24, 2.45) is 0 Å². The number of ketones is 1. The molecule has 18 heavy (non-hydrogen) atoms. The Kier molecular flexibility index (Phi) is 3.48. The number of nitrogen functional groups attached to an aromatic ring is 1. The molecular weight excluding hydrogens is 297 g/mol. The third-order valence-corrected chi connectivity index (χ3v) is 3.32. The average molecular weight is 308 g/mol. The maximum atomic E-state index is 13.4. The normalized spacial score (nSPS) is 10.4. The summed E-state index contributed by atoms with van der Waals surface area (Å²) in [6.45, 7) is 1.80. The molecular formula is C14H11BrFNO. The van der Waals surface area contributed by atoms with Gasteiger partial charge in [0.2, 0.25) is 0 Å². The van der Waals surface area contributed by atoms with Crippen LogP contribution in [0.4, 0.5) is 10.1 Å². The van der Waals surface area contributed by atoms with Crippen LogP contribution < -0.4 is 5.73 Å². The lowest BCUT2D eigenvalue weighted by atomic mass is 9.99. The molecule has 0 aliphatic carbocycles. The van der Waals surface area contributed by atoms with Gasteiger partial charge in [-0.25, -0.2) is 4.39 Å². The third kappa shape index (κ3) is 2.43. The SMILES string of the molecule is Cc1cc(N)ccc1C(=O)c1ccc(Br)c(F)c1. The van der Waals surface area contributed by atoms with Gasteiger partial charge in [-0.15, -0.1) is 0 Å². The van der Waals surface area contributed by atoms with E-state index < -0.39 is 5.82 Å². The molecule has 2 rings (SSSR count). The highest BCUT2D eigenvalue weighted by Crippen LogP contribution is 2.21. The van der Waals surface area contributed by atoms with E-state index in [9.17, 15) is 9.18 Å². The minimum absolute atomic E-state index is 0.209. The van der Waals surface area contributed by atoms with Crippen LogP contribution in [-0.4, -0.2) is 5.78 Å². The second kappa shape index (κ2) is 4.90. The smallest absolute Gasteiger partial charge is 0.193 e. The Hall–Kier alpha value is -1.68. The molecule has 2 N–H and O–H groups in total. The molecule has 2 nitrogen and oxygen atoms in total. The summed E-state index contributed by atoms with van der Waals surface area (Å²) in [6, 6.07) is 9.38. The van der Waals surface area contributed by atoms with Gasteiger partial charge in [-0.3, -0.25) is 4.79 Å². The van der Waals surface area contributed by atoms with E-state index in [0.717, 1.165) is 5.56 Å². The summed E-state index contributed by atoms with van der Waals surface area (Å²) in [5.74, 6) is -0.659. The maximum Gasteiger partial charge on any atom is 0.193 e. The predicted molar refractivity (Wildman–Crippen MR) is 73.1 cm³/mol. The van der Waals surface area contributed by atoms with E-state index in [1.165, 1.54) is 12.1 Å². The zero-order valence-electron chi connectivity index (χ0n) is 9.71. The number of rotatable bonds is 2. The van der Waals surface area contributed by atoms with Gasteiger partial charge in [-0.1, -0.05) is 0 Å². The first kappa shape index (κ1) is 12.8. The van der Waals surface area contributed by atoms with Gasteiger partial charge in [0, 0.05) is 16.8 Å². The topological polar surface area (TPSA) is 43.1 Å². The Morgan fingerprint density at radius 3 is 2.56 bits per heavy atom. The Labute approximate surface area is 113 Å². The fourth-order valence-electron chi connectivity index (χ4n) is 1.73. The third-order valence-electron chi connectivity index (χ3n) is 2.68. The van der Waals surface area contributed by atoms with E-state index in [1.807, 2.05) is 0 Å². The highest BCUT2D eigenvalue weighted by Gasteiger charge is 2.13. The molecule has 0 aliphatic rings. The number of hydrogen-bond donors (Lipinski definition) is 1. The maximum absolute atomic E-state index is 13.4. The summed E-state index contributed by atoms with van der Waals surface area (Å²) in [4.78, 5) is 12.2. The zero-order chi connectivity index (χ0) is 13.3. The first-order valence-corrected chi connectivity index (χ1v) is 6.14. The van der Waals surface area contributed by atoms with Gasteiger partial charge in [0.25, 0.3) is 0 Å². The van der Waals surface area contributed by atoms with Crippen molar-refractivity contribution in [3.63, 3.8) is 0 Å². The summed E-state index contributed by atoms with van der Waals surface area (Å²) in [5.41, 5.74) is 7.87. The number of carbonyl (C=O) groups is 1. The minimum Gasteiger partial charge on any atom is -0.399 e. The van der Waals surface area contributed by atoms with Crippen molar-refractivity contribution in [2.75, 3.05) is 5.73 Å². The quantitative estimate of drug-likeness (QED) is 0.679. The number of aryl methyl sites for hydroxylation is 1. The molecule has 0 amide bonds. The van der Waals surface area contributed by atoms with E-state index >= 15 is 0 Å². The molecule has 4 heteroatoms. The summed E-state index contributed by atoms with van der Waals surface area (Å²) >= 11 is 3.06. The monoisotopic (exact) mass is 307 g/mol. The van der Waals surface area contributed by atoms with Crippen molar-refractivity contribution in [3.8, 4) is 0 Å². The Morgan fingerprint density at radius 2 is 1.94 bits per heavy atom. The fraction of sp³-hybridized carbons (Fsp3) is 0.0714. The van der Waals surface area contributed by atoms with E-state index in [-0.39, 0.29) is 5.78 Å². The van der Waals surface area contributed by atoms with Crippen LogP contribution in [0.25, 0.3) is 0 Å². The van der Waals surface area contributed by atoms with Crippen LogP contribution >= 0.6 is 15.9 Å². The molecule has 0 aromatic heterocycles. The van der Waals surface area contributed by atoms with E-state index in [0.29, 0.717) is 21.3 Å². The largest absolute Gasteiger partial charge is 0.399 e. The summed E-state index contributed by atoms with van der Waals surface area (Å²) in [6.07, 6.45) is 0. The van der Waals surface area contributed by atoms with Crippen molar-refractivity contribution in [1.82, 2.24) is 0 Å². The fourth-order valence-corrected chi connectivity index (χ4v) is 1.98. The number of halogens is 2. The van der Waals surface area contributed by atoms with Crippen LogP contribution in [0.15, 0.2) is 40.9 Å². The minimum atomic E-state index is -0.450. The highest BCUT2D eigenvalue weighted by molar-refractivity contribution is 9.10. The van der Waals surface area contributed by atoms with Crippen LogP contribution in [0.3, 0.4) is 0 Å². The van der Waals surface area contributed by atoms with Crippen LogP contribution in [0.5, 0.6) is 0 Å². The standard InChI is InChI=1S/C14H11BrFNO/c1-8-6-10(17)3-4-11(8)14(18)9-2-5-12(15)13(16)7-9/h2-7H,17H2,1H3. The molecule has 2 aromatic rings. The van der Waals surface area contributed by atoms with Crippen molar-refractivity contribution in [3.05, 3.63) is 63.4 Å². The first-order valence-electron chi connectivity index (χ1n) is 5.35. The molecule has 0 bridgehead atoms. The van der Waals surface area contributed by atoms with Gasteiger partial charge >= 0.3 is 0 Å². The number of hydrogen-bond acceptors (Lipinski definition) is 2. The van der Waals surface area contributed by atoms with Crippen molar-refractivity contribution in [2.45, 2.75) is 6.92 Å².